The summed E-state index contributed by atoms with van der Waals surface area (Å²) in [5, 5.41) is 5.96. The number of amides is 1. The third-order valence-electron chi connectivity index (χ3n) is 4.64. The Morgan fingerprint density at radius 1 is 1.23 bits per heavy atom. The molecule has 0 bridgehead atoms. The lowest BCUT2D eigenvalue weighted by molar-refractivity contribution is 0.0973. The summed E-state index contributed by atoms with van der Waals surface area (Å²) >= 11 is 1.18. The minimum atomic E-state index is -3.85. The highest BCUT2D eigenvalue weighted by atomic mass is 32.2. The van der Waals surface area contributed by atoms with Crippen molar-refractivity contribution < 1.29 is 27.1 Å². The smallest absolute Gasteiger partial charge is 0.315 e. The molecule has 2 aromatic heterocycles. The molecule has 162 valence electrons. The Morgan fingerprint density at radius 2 is 2.03 bits per heavy atom. The van der Waals surface area contributed by atoms with E-state index in [1.807, 2.05) is 6.07 Å². The molecule has 2 N–H and O–H groups in total. The van der Waals surface area contributed by atoms with Crippen molar-refractivity contribution in [1.29, 1.82) is 0 Å². The standard InChI is InChI=1S/C20H19N3O6S2/c1-27-9-8-23-14-7-6-13(31(21,25)26)11-17(14)30-20(23)22-19(24)16-10-12-4-3-5-15(28-2)18(12)29-16/h3-7,10-11H,8-9H2,1-2H3,(H2,21,25,26). The third kappa shape index (κ3) is 4.12. The zero-order valence-corrected chi connectivity index (χ0v) is 18.3. The first-order valence-electron chi connectivity index (χ1n) is 9.12. The Bertz CT molecular complexity index is 1460. The Hall–Kier alpha value is -2.99. The summed E-state index contributed by atoms with van der Waals surface area (Å²) in [6.07, 6.45) is 0. The van der Waals surface area contributed by atoms with E-state index in [4.69, 9.17) is 19.0 Å². The lowest BCUT2D eigenvalue weighted by Crippen LogP contribution is -2.19. The molecule has 0 saturated heterocycles. The number of thiazole rings is 1. The van der Waals surface area contributed by atoms with Crippen LogP contribution in [0.3, 0.4) is 0 Å². The number of furan rings is 1. The summed E-state index contributed by atoms with van der Waals surface area (Å²) in [7, 11) is -0.764. The van der Waals surface area contributed by atoms with Crippen molar-refractivity contribution in [3.63, 3.8) is 0 Å². The van der Waals surface area contributed by atoms with Crippen molar-refractivity contribution >= 4 is 48.5 Å². The van der Waals surface area contributed by atoms with Crippen LogP contribution in [-0.2, 0) is 21.3 Å². The number of ether oxygens (including phenoxy) is 2. The van der Waals surface area contributed by atoms with Crippen LogP contribution in [0, 0.1) is 0 Å². The van der Waals surface area contributed by atoms with Crippen LogP contribution in [0.4, 0.5) is 0 Å². The van der Waals surface area contributed by atoms with Crippen molar-refractivity contribution in [2.45, 2.75) is 11.4 Å². The monoisotopic (exact) mass is 461 g/mol. The van der Waals surface area contributed by atoms with Gasteiger partial charge in [0.05, 0.1) is 28.8 Å². The van der Waals surface area contributed by atoms with Gasteiger partial charge in [0.15, 0.2) is 21.9 Å². The maximum atomic E-state index is 12.9. The fraction of sp³-hybridized carbons (Fsp3) is 0.200. The molecule has 0 saturated carbocycles. The molecular formula is C20H19N3O6S2. The van der Waals surface area contributed by atoms with E-state index in [1.165, 1.54) is 30.6 Å². The molecule has 0 spiro atoms. The number of fused-ring (bicyclic) bond motifs is 2. The van der Waals surface area contributed by atoms with Crippen LogP contribution in [0.5, 0.6) is 5.75 Å². The molecule has 0 radical (unpaired) electrons. The molecule has 0 fully saturated rings. The number of para-hydroxylation sites is 1. The van der Waals surface area contributed by atoms with Crippen molar-refractivity contribution in [3.05, 3.63) is 53.0 Å². The van der Waals surface area contributed by atoms with E-state index in [-0.39, 0.29) is 10.7 Å². The van der Waals surface area contributed by atoms with Gasteiger partial charge in [-0.25, -0.2) is 13.6 Å². The van der Waals surface area contributed by atoms with Gasteiger partial charge in [-0.05, 0) is 30.3 Å². The predicted octanol–water partition coefficient (Wildman–Crippen LogP) is 2.49. The lowest BCUT2D eigenvalue weighted by Gasteiger charge is -2.04. The molecule has 0 aliphatic heterocycles. The second-order valence-electron chi connectivity index (χ2n) is 6.61. The number of primary sulfonamides is 1. The molecule has 4 rings (SSSR count). The molecule has 0 atom stereocenters. The number of sulfonamides is 1. The highest BCUT2D eigenvalue weighted by Crippen LogP contribution is 2.29. The zero-order chi connectivity index (χ0) is 22.2. The second kappa shape index (κ2) is 8.27. The largest absolute Gasteiger partial charge is 0.493 e. The third-order valence-corrected chi connectivity index (χ3v) is 6.59. The van der Waals surface area contributed by atoms with Crippen molar-refractivity contribution in [1.82, 2.24) is 4.57 Å². The molecule has 9 nitrogen and oxygen atoms in total. The fourth-order valence-corrected chi connectivity index (χ4v) is 4.87. The molecule has 31 heavy (non-hydrogen) atoms. The Kier molecular flexibility index (Phi) is 5.67. The van der Waals surface area contributed by atoms with E-state index >= 15 is 0 Å². The van der Waals surface area contributed by atoms with E-state index in [1.54, 1.807) is 35.9 Å². The number of hydrogen-bond donors (Lipinski definition) is 1. The maximum absolute atomic E-state index is 12.9. The van der Waals surface area contributed by atoms with Gasteiger partial charge in [0, 0.05) is 19.0 Å². The van der Waals surface area contributed by atoms with Gasteiger partial charge in [0.2, 0.25) is 10.0 Å². The Balaban J connectivity index is 1.84. The SMILES string of the molecule is COCCn1c(=NC(=O)c2cc3cccc(OC)c3o2)sc2cc(S(N)(=O)=O)ccc21. The van der Waals surface area contributed by atoms with Gasteiger partial charge < -0.3 is 18.5 Å². The van der Waals surface area contributed by atoms with Gasteiger partial charge in [-0.1, -0.05) is 23.5 Å². The van der Waals surface area contributed by atoms with Gasteiger partial charge in [0.1, 0.15) is 0 Å². The van der Waals surface area contributed by atoms with E-state index in [0.29, 0.717) is 39.5 Å². The van der Waals surface area contributed by atoms with Gasteiger partial charge in [-0.3, -0.25) is 4.79 Å². The van der Waals surface area contributed by atoms with Gasteiger partial charge >= 0.3 is 5.91 Å². The number of nitrogens with zero attached hydrogens (tertiary/aromatic N) is 2. The van der Waals surface area contributed by atoms with Gasteiger partial charge in [-0.15, -0.1) is 0 Å². The zero-order valence-electron chi connectivity index (χ0n) is 16.7. The van der Waals surface area contributed by atoms with Crippen LogP contribution < -0.4 is 14.7 Å². The normalized spacial score (nSPS) is 12.7. The molecule has 1 amide bonds. The van der Waals surface area contributed by atoms with Crippen LogP contribution in [-0.4, -0.2) is 39.7 Å². The first kappa shape index (κ1) is 21.2. The van der Waals surface area contributed by atoms with E-state index < -0.39 is 15.9 Å². The van der Waals surface area contributed by atoms with Gasteiger partial charge in [0.25, 0.3) is 0 Å². The van der Waals surface area contributed by atoms with Crippen LogP contribution in [0.2, 0.25) is 0 Å². The molecule has 0 unspecified atom stereocenters. The average Bonchev–Trinajstić information content (AvgIpc) is 3.32. The molecule has 2 aromatic carbocycles. The quantitative estimate of drug-likeness (QED) is 0.470. The number of hydrogen-bond acceptors (Lipinski definition) is 7. The maximum Gasteiger partial charge on any atom is 0.315 e. The number of aromatic nitrogens is 1. The average molecular weight is 462 g/mol. The topological polar surface area (TPSA) is 126 Å². The van der Waals surface area contributed by atoms with Gasteiger partial charge in [-0.2, -0.15) is 4.99 Å². The van der Waals surface area contributed by atoms with Crippen LogP contribution >= 0.6 is 11.3 Å². The van der Waals surface area contributed by atoms with E-state index in [0.717, 1.165) is 5.39 Å². The molecule has 0 aliphatic carbocycles. The minimum absolute atomic E-state index is 0.0117. The minimum Gasteiger partial charge on any atom is -0.493 e. The summed E-state index contributed by atoms with van der Waals surface area (Å²) in [5.41, 5.74) is 1.18. The summed E-state index contributed by atoms with van der Waals surface area (Å²) in [6.45, 7) is 0.803. The molecule has 0 aliphatic rings. The summed E-state index contributed by atoms with van der Waals surface area (Å²) in [5.74, 6) is 0.0206. The number of rotatable bonds is 6. The molecular weight excluding hydrogens is 442 g/mol. The summed E-state index contributed by atoms with van der Waals surface area (Å²) in [4.78, 5) is 17.5. The second-order valence-corrected chi connectivity index (χ2v) is 9.18. The summed E-state index contributed by atoms with van der Waals surface area (Å²) in [6, 6.07) is 11.5. The van der Waals surface area contributed by atoms with Crippen LogP contribution in [0.1, 0.15) is 10.6 Å². The summed E-state index contributed by atoms with van der Waals surface area (Å²) < 4.78 is 41.9. The number of nitrogens with two attached hydrogens (primary N) is 1. The first-order chi connectivity index (χ1) is 14.8. The van der Waals surface area contributed by atoms with E-state index in [2.05, 4.69) is 4.99 Å². The van der Waals surface area contributed by atoms with Crippen molar-refractivity contribution in [3.8, 4) is 5.75 Å². The number of carbonyl (C=O) groups is 1. The highest BCUT2D eigenvalue weighted by molar-refractivity contribution is 7.89. The number of benzene rings is 2. The lowest BCUT2D eigenvalue weighted by atomic mass is 10.2. The number of carbonyl (C=O) groups excluding carboxylic acids is 1. The fourth-order valence-electron chi connectivity index (χ4n) is 3.16. The van der Waals surface area contributed by atoms with Crippen molar-refractivity contribution in [2.24, 2.45) is 10.1 Å². The number of methoxy groups -OCH3 is 2. The Morgan fingerprint density at radius 3 is 2.74 bits per heavy atom. The first-order valence-corrected chi connectivity index (χ1v) is 11.5. The molecule has 11 heteroatoms. The highest BCUT2D eigenvalue weighted by Gasteiger charge is 2.17. The predicted molar refractivity (Wildman–Crippen MR) is 116 cm³/mol. The van der Waals surface area contributed by atoms with Crippen LogP contribution in [0.15, 0.2) is 56.8 Å². The molecule has 4 aromatic rings. The van der Waals surface area contributed by atoms with Crippen LogP contribution in [0.25, 0.3) is 21.2 Å². The Labute approximate surface area is 181 Å². The van der Waals surface area contributed by atoms with E-state index in [9.17, 15) is 13.2 Å². The molecule has 2 heterocycles. The van der Waals surface area contributed by atoms with Crippen molar-refractivity contribution in [2.75, 3.05) is 20.8 Å².